The number of benzene rings is 3. The summed E-state index contributed by atoms with van der Waals surface area (Å²) in [5, 5.41) is 13.4. The van der Waals surface area contributed by atoms with E-state index in [1.54, 1.807) is 31.2 Å². The minimum Gasteiger partial charge on any atom is -0.487 e. The third-order valence-corrected chi connectivity index (χ3v) is 5.21. The van der Waals surface area contributed by atoms with Gasteiger partial charge in [0.2, 0.25) is 0 Å². The Morgan fingerprint density at radius 2 is 1.76 bits per heavy atom. The third-order valence-electron chi connectivity index (χ3n) is 5.21. The monoisotopic (exact) mass is 461 g/mol. The van der Waals surface area contributed by atoms with Crippen molar-refractivity contribution in [1.29, 1.82) is 0 Å². The number of hydrogen-bond acceptors (Lipinski definition) is 4. The van der Waals surface area contributed by atoms with Crippen LogP contribution in [-0.2, 0) is 11.4 Å². The quantitative estimate of drug-likeness (QED) is 0.476. The second kappa shape index (κ2) is 9.40. The van der Waals surface area contributed by atoms with E-state index in [1.807, 2.05) is 12.1 Å². The number of aliphatic carboxylic acids is 1. The van der Waals surface area contributed by atoms with Crippen LogP contribution in [-0.4, -0.2) is 28.9 Å². The largest absolute Gasteiger partial charge is 0.573 e. The van der Waals surface area contributed by atoms with Gasteiger partial charge in [-0.2, -0.15) is 0 Å². The first-order valence-electron chi connectivity index (χ1n) is 10.1. The predicted molar refractivity (Wildman–Crippen MR) is 115 cm³/mol. The number of halogens is 3. The Labute approximate surface area is 187 Å². The van der Waals surface area contributed by atoms with Gasteiger partial charge in [-0.1, -0.05) is 49.4 Å². The Balaban J connectivity index is 1.94. The molecule has 6 nitrogen and oxygen atoms in total. The van der Waals surface area contributed by atoms with E-state index in [1.165, 1.54) is 31.2 Å². The van der Waals surface area contributed by atoms with Crippen LogP contribution in [0.15, 0.2) is 60.7 Å². The van der Waals surface area contributed by atoms with Crippen LogP contribution in [0.2, 0.25) is 0 Å². The number of fused-ring (bicyclic) bond motifs is 1. The van der Waals surface area contributed by atoms with E-state index in [0.29, 0.717) is 10.9 Å². The van der Waals surface area contributed by atoms with Gasteiger partial charge in [-0.05, 0) is 42.5 Å². The van der Waals surface area contributed by atoms with Gasteiger partial charge in [0.1, 0.15) is 23.6 Å². The van der Waals surface area contributed by atoms with Crippen molar-refractivity contribution in [3.05, 3.63) is 71.8 Å². The normalized spacial score (nSPS) is 13.2. The minimum atomic E-state index is -4.82. The Bertz CT molecular complexity index is 1180. The van der Waals surface area contributed by atoms with Crippen LogP contribution < -0.4 is 14.8 Å². The SMILES string of the molecule is CCC(C)(NC(=O)c1ccc2ccccc2c1OCc1cccc(OC(F)(F)F)c1)C(=O)O. The molecule has 33 heavy (non-hydrogen) atoms. The summed E-state index contributed by atoms with van der Waals surface area (Å²) in [6, 6.07) is 15.7. The lowest BCUT2D eigenvalue weighted by Crippen LogP contribution is -2.51. The zero-order valence-corrected chi connectivity index (χ0v) is 17.9. The molecule has 0 radical (unpaired) electrons. The third kappa shape index (κ3) is 5.74. The number of nitrogens with one attached hydrogen (secondary N) is 1. The number of rotatable bonds is 8. The molecule has 0 aliphatic rings. The van der Waals surface area contributed by atoms with E-state index < -0.39 is 23.8 Å². The Hall–Kier alpha value is -3.75. The fraction of sp³-hybridized carbons (Fsp3) is 0.250. The van der Waals surface area contributed by atoms with Gasteiger partial charge in [0.25, 0.3) is 5.91 Å². The maximum Gasteiger partial charge on any atom is 0.573 e. The smallest absolute Gasteiger partial charge is 0.487 e. The van der Waals surface area contributed by atoms with Crippen molar-refractivity contribution in [2.45, 2.75) is 38.8 Å². The molecule has 1 amide bonds. The highest BCUT2D eigenvalue weighted by Gasteiger charge is 2.34. The molecule has 3 rings (SSSR count). The molecule has 1 unspecified atom stereocenters. The number of carbonyl (C=O) groups is 2. The van der Waals surface area contributed by atoms with E-state index in [2.05, 4.69) is 10.1 Å². The van der Waals surface area contributed by atoms with E-state index in [0.717, 1.165) is 5.39 Å². The summed E-state index contributed by atoms with van der Waals surface area (Å²) < 4.78 is 47.4. The molecule has 2 N–H and O–H groups in total. The zero-order valence-electron chi connectivity index (χ0n) is 17.9. The molecule has 9 heteroatoms. The van der Waals surface area contributed by atoms with Gasteiger partial charge in [-0.25, -0.2) is 4.79 Å². The van der Waals surface area contributed by atoms with Crippen molar-refractivity contribution < 1.29 is 37.3 Å². The molecule has 0 heterocycles. The average Bonchev–Trinajstić information content (AvgIpc) is 2.76. The number of alkyl halides is 3. The van der Waals surface area contributed by atoms with E-state index in [4.69, 9.17) is 4.74 Å². The highest BCUT2D eigenvalue weighted by Crippen LogP contribution is 2.32. The van der Waals surface area contributed by atoms with Crippen LogP contribution in [0.5, 0.6) is 11.5 Å². The van der Waals surface area contributed by atoms with Gasteiger partial charge in [0.05, 0.1) is 5.56 Å². The van der Waals surface area contributed by atoms with Crippen LogP contribution in [0.4, 0.5) is 13.2 Å². The molecular weight excluding hydrogens is 439 g/mol. The number of hydrogen-bond donors (Lipinski definition) is 2. The summed E-state index contributed by atoms with van der Waals surface area (Å²) >= 11 is 0. The molecule has 0 saturated carbocycles. The average molecular weight is 461 g/mol. The lowest BCUT2D eigenvalue weighted by molar-refractivity contribution is -0.274. The Kier molecular flexibility index (Phi) is 6.81. The van der Waals surface area contributed by atoms with Crippen molar-refractivity contribution in [3.63, 3.8) is 0 Å². The molecule has 0 aliphatic carbocycles. The van der Waals surface area contributed by atoms with Gasteiger partial charge in [-0.15, -0.1) is 13.2 Å². The summed E-state index contributed by atoms with van der Waals surface area (Å²) in [5.41, 5.74) is -0.985. The first-order valence-corrected chi connectivity index (χ1v) is 10.1. The molecule has 174 valence electrons. The van der Waals surface area contributed by atoms with Crippen molar-refractivity contribution in [2.75, 3.05) is 0 Å². The highest BCUT2D eigenvalue weighted by molar-refractivity contribution is 6.05. The topological polar surface area (TPSA) is 84.9 Å². The van der Waals surface area contributed by atoms with Crippen LogP contribution >= 0.6 is 0 Å². The molecule has 0 spiro atoms. The molecule has 0 aliphatic heterocycles. The molecule has 0 saturated heterocycles. The lowest BCUT2D eigenvalue weighted by Gasteiger charge is -2.25. The molecule has 0 fully saturated rings. The van der Waals surface area contributed by atoms with E-state index in [-0.39, 0.29) is 30.1 Å². The lowest BCUT2D eigenvalue weighted by atomic mass is 9.97. The summed E-state index contributed by atoms with van der Waals surface area (Å²) in [6.45, 7) is 2.90. The van der Waals surface area contributed by atoms with Crippen LogP contribution in [0.3, 0.4) is 0 Å². The van der Waals surface area contributed by atoms with Gasteiger partial charge < -0.3 is 19.9 Å². The van der Waals surface area contributed by atoms with E-state index >= 15 is 0 Å². The second-order valence-corrected chi connectivity index (χ2v) is 7.59. The maximum atomic E-state index is 13.0. The number of amides is 1. The zero-order chi connectivity index (χ0) is 24.2. The van der Waals surface area contributed by atoms with Crippen LogP contribution in [0, 0.1) is 0 Å². The standard InChI is InChI=1S/C24H22F3NO5/c1-3-23(2,22(30)31)28-21(29)19-12-11-16-8-4-5-10-18(16)20(19)32-14-15-7-6-9-17(13-15)33-24(25,26)27/h4-13H,3,14H2,1-2H3,(H,28,29)(H,30,31). The summed E-state index contributed by atoms with van der Waals surface area (Å²) in [4.78, 5) is 24.6. The molecule has 3 aromatic carbocycles. The Morgan fingerprint density at radius 1 is 1.03 bits per heavy atom. The first kappa shape index (κ1) is 23.9. The first-order chi connectivity index (χ1) is 15.5. The van der Waals surface area contributed by atoms with Crippen molar-refractivity contribution in [2.24, 2.45) is 0 Å². The number of carboxylic acid groups (broad SMARTS) is 1. The van der Waals surface area contributed by atoms with Gasteiger partial charge in [0.15, 0.2) is 0 Å². The number of carboxylic acids is 1. The molecule has 0 bridgehead atoms. The Morgan fingerprint density at radius 3 is 2.42 bits per heavy atom. The molecule has 3 aromatic rings. The molecular formula is C24H22F3NO5. The van der Waals surface area contributed by atoms with Crippen molar-refractivity contribution in [1.82, 2.24) is 5.32 Å². The van der Waals surface area contributed by atoms with Crippen LogP contribution in [0.25, 0.3) is 10.8 Å². The van der Waals surface area contributed by atoms with Gasteiger partial charge in [0, 0.05) is 5.39 Å². The minimum absolute atomic E-state index is 0.109. The molecule has 0 aromatic heterocycles. The summed E-state index contributed by atoms with van der Waals surface area (Å²) in [6.07, 6.45) is -4.67. The second-order valence-electron chi connectivity index (χ2n) is 7.59. The fourth-order valence-corrected chi connectivity index (χ4v) is 3.18. The van der Waals surface area contributed by atoms with Gasteiger partial charge in [-0.3, -0.25) is 4.79 Å². The number of carbonyl (C=O) groups excluding carboxylic acids is 1. The highest BCUT2D eigenvalue weighted by atomic mass is 19.4. The maximum absolute atomic E-state index is 13.0. The van der Waals surface area contributed by atoms with E-state index in [9.17, 15) is 27.9 Å². The predicted octanol–water partition coefficient (Wildman–Crippen LogP) is 5.30. The fourth-order valence-electron chi connectivity index (χ4n) is 3.18. The summed E-state index contributed by atoms with van der Waals surface area (Å²) in [5.74, 6) is -2.02. The van der Waals surface area contributed by atoms with Gasteiger partial charge >= 0.3 is 12.3 Å². The van der Waals surface area contributed by atoms with Crippen LogP contribution in [0.1, 0.15) is 36.2 Å². The van der Waals surface area contributed by atoms with Crippen molar-refractivity contribution >= 4 is 22.6 Å². The molecule has 1 atom stereocenters. The van der Waals surface area contributed by atoms with Crippen molar-refractivity contribution in [3.8, 4) is 11.5 Å². The summed E-state index contributed by atoms with van der Waals surface area (Å²) in [7, 11) is 0. The number of ether oxygens (including phenoxy) is 2.